The van der Waals surface area contributed by atoms with E-state index in [1.54, 1.807) is 24.3 Å². The van der Waals surface area contributed by atoms with Gasteiger partial charge in [0.2, 0.25) is 11.8 Å². The number of para-hydroxylation sites is 1. The molecule has 0 aliphatic rings. The van der Waals surface area contributed by atoms with Crippen molar-refractivity contribution in [2.75, 3.05) is 18.9 Å². The average molecular weight is 379 g/mol. The minimum Gasteiger partial charge on any atom is -0.335 e. The van der Waals surface area contributed by atoms with Crippen molar-refractivity contribution in [2.24, 2.45) is 0 Å². The first kappa shape index (κ1) is 19.1. The predicted molar refractivity (Wildman–Crippen MR) is 95.1 cm³/mol. The quantitative estimate of drug-likeness (QED) is 0.604. The molecule has 1 heterocycles. The molecule has 26 heavy (non-hydrogen) atoms. The van der Waals surface area contributed by atoms with Gasteiger partial charge in [0.15, 0.2) is 0 Å². The van der Waals surface area contributed by atoms with E-state index in [1.165, 1.54) is 7.05 Å². The van der Waals surface area contributed by atoms with E-state index >= 15 is 0 Å². The summed E-state index contributed by atoms with van der Waals surface area (Å²) in [5.41, 5.74) is -0.454. The Labute approximate surface area is 152 Å². The fourth-order valence-electron chi connectivity index (χ4n) is 2.07. The number of aromatic nitrogens is 1. The van der Waals surface area contributed by atoms with Crippen molar-refractivity contribution in [3.05, 3.63) is 68.1 Å². The molecule has 0 bridgehead atoms. The van der Waals surface area contributed by atoms with Gasteiger partial charge in [-0.15, -0.1) is 0 Å². The van der Waals surface area contributed by atoms with E-state index in [-0.39, 0.29) is 12.2 Å². The third-order valence-corrected chi connectivity index (χ3v) is 3.77. The highest BCUT2D eigenvalue weighted by molar-refractivity contribution is 6.33. The standard InChI is InChI=1S/C16H15ClN4O5/c1-19(9-14(22)18-13-5-3-2-4-12(13)17)16(24)10-20-8-11(21(25)26)6-7-15(20)23/h2-8H,9-10H2,1H3,(H,18,22). The highest BCUT2D eigenvalue weighted by Gasteiger charge is 2.16. The Morgan fingerprint density at radius 2 is 1.96 bits per heavy atom. The molecule has 0 unspecified atom stereocenters. The minimum atomic E-state index is -0.665. The summed E-state index contributed by atoms with van der Waals surface area (Å²) in [6.45, 7) is -0.690. The molecule has 136 valence electrons. The summed E-state index contributed by atoms with van der Waals surface area (Å²) in [5, 5.41) is 13.7. The number of pyridine rings is 1. The van der Waals surface area contributed by atoms with Crippen LogP contribution in [0.25, 0.3) is 0 Å². The summed E-state index contributed by atoms with van der Waals surface area (Å²) in [4.78, 5) is 47.1. The molecule has 1 N–H and O–H groups in total. The highest BCUT2D eigenvalue weighted by atomic mass is 35.5. The molecule has 0 saturated heterocycles. The maximum absolute atomic E-state index is 12.2. The Hall–Kier alpha value is -3.20. The van der Waals surface area contributed by atoms with E-state index in [1.807, 2.05) is 0 Å². The Morgan fingerprint density at radius 1 is 1.27 bits per heavy atom. The SMILES string of the molecule is CN(CC(=O)Nc1ccccc1Cl)C(=O)Cn1cc([N+](=O)[O-])ccc1=O. The van der Waals surface area contributed by atoms with Crippen molar-refractivity contribution in [1.82, 2.24) is 9.47 Å². The molecule has 10 heteroatoms. The van der Waals surface area contributed by atoms with Crippen molar-refractivity contribution >= 4 is 34.8 Å². The Morgan fingerprint density at radius 3 is 2.62 bits per heavy atom. The zero-order valence-corrected chi connectivity index (χ0v) is 14.5. The van der Waals surface area contributed by atoms with Gasteiger partial charge in [0, 0.05) is 19.2 Å². The van der Waals surface area contributed by atoms with Gasteiger partial charge in [-0.05, 0) is 12.1 Å². The van der Waals surface area contributed by atoms with Gasteiger partial charge in [-0.1, -0.05) is 23.7 Å². The molecule has 2 aromatic rings. The number of halogens is 1. The maximum Gasteiger partial charge on any atom is 0.285 e. The van der Waals surface area contributed by atoms with E-state index in [9.17, 15) is 24.5 Å². The molecule has 0 aliphatic carbocycles. The topological polar surface area (TPSA) is 115 Å². The van der Waals surface area contributed by atoms with E-state index in [4.69, 9.17) is 11.6 Å². The number of benzene rings is 1. The van der Waals surface area contributed by atoms with Crippen molar-refractivity contribution in [3.63, 3.8) is 0 Å². The molecule has 0 radical (unpaired) electrons. The number of likely N-dealkylation sites (N-methyl/N-ethyl adjacent to an activating group) is 1. The largest absolute Gasteiger partial charge is 0.335 e. The molecule has 0 saturated carbocycles. The van der Waals surface area contributed by atoms with Crippen LogP contribution in [0.4, 0.5) is 11.4 Å². The first-order valence-corrected chi connectivity index (χ1v) is 7.79. The predicted octanol–water partition coefficient (Wildman–Crippen LogP) is 1.51. The zero-order valence-electron chi connectivity index (χ0n) is 13.7. The first-order valence-electron chi connectivity index (χ1n) is 7.41. The molecule has 2 amide bonds. The molecule has 0 spiro atoms. The van der Waals surface area contributed by atoms with E-state index < -0.39 is 28.8 Å². The number of nitro groups is 1. The van der Waals surface area contributed by atoms with E-state index in [0.29, 0.717) is 10.7 Å². The maximum atomic E-state index is 12.2. The molecule has 0 fully saturated rings. The van der Waals surface area contributed by atoms with Gasteiger partial charge in [-0.25, -0.2) is 0 Å². The number of carbonyl (C=O) groups is 2. The van der Waals surface area contributed by atoms with Crippen molar-refractivity contribution in [3.8, 4) is 0 Å². The fraction of sp³-hybridized carbons (Fsp3) is 0.188. The van der Waals surface area contributed by atoms with Crippen molar-refractivity contribution in [1.29, 1.82) is 0 Å². The second kappa shape index (κ2) is 8.26. The van der Waals surface area contributed by atoms with Gasteiger partial charge in [0.25, 0.3) is 11.2 Å². The van der Waals surface area contributed by atoms with Gasteiger partial charge < -0.3 is 10.2 Å². The van der Waals surface area contributed by atoms with Gasteiger partial charge in [0.1, 0.15) is 6.54 Å². The van der Waals surface area contributed by atoms with Crippen LogP contribution in [-0.2, 0) is 16.1 Å². The molecule has 0 atom stereocenters. The molecule has 9 nitrogen and oxygen atoms in total. The third kappa shape index (κ3) is 4.90. The monoisotopic (exact) mass is 378 g/mol. The second-order valence-electron chi connectivity index (χ2n) is 5.39. The number of nitrogens with one attached hydrogen (secondary N) is 1. The molecular weight excluding hydrogens is 364 g/mol. The molecular formula is C16H15ClN4O5. The summed E-state index contributed by atoms with van der Waals surface area (Å²) in [7, 11) is 1.39. The lowest BCUT2D eigenvalue weighted by atomic mass is 10.3. The van der Waals surface area contributed by atoms with Gasteiger partial charge >= 0.3 is 0 Å². The van der Waals surface area contributed by atoms with Crippen LogP contribution in [-0.4, -0.2) is 39.8 Å². The summed E-state index contributed by atoms with van der Waals surface area (Å²) >= 11 is 5.94. The minimum absolute atomic E-state index is 0.270. The summed E-state index contributed by atoms with van der Waals surface area (Å²) in [6.07, 6.45) is 0.984. The zero-order chi connectivity index (χ0) is 19.3. The molecule has 1 aromatic heterocycles. The van der Waals surface area contributed by atoms with Gasteiger partial charge in [0.05, 0.1) is 28.4 Å². The third-order valence-electron chi connectivity index (χ3n) is 3.44. The number of hydrogen-bond donors (Lipinski definition) is 1. The van der Waals surface area contributed by atoms with Crippen LogP contribution in [0.5, 0.6) is 0 Å². The number of carbonyl (C=O) groups excluding carboxylic acids is 2. The summed E-state index contributed by atoms with van der Waals surface area (Å²) in [5.74, 6) is -1.03. The number of anilines is 1. The van der Waals surface area contributed by atoms with Crippen molar-refractivity contribution in [2.45, 2.75) is 6.54 Å². The smallest absolute Gasteiger partial charge is 0.285 e. The van der Waals surface area contributed by atoms with Crippen LogP contribution in [0.15, 0.2) is 47.4 Å². The van der Waals surface area contributed by atoms with Gasteiger partial charge in [-0.2, -0.15) is 0 Å². The normalized spacial score (nSPS) is 10.2. The van der Waals surface area contributed by atoms with E-state index in [2.05, 4.69) is 5.32 Å². The van der Waals surface area contributed by atoms with Crippen LogP contribution >= 0.6 is 11.6 Å². The van der Waals surface area contributed by atoms with Crippen LogP contribution in [0, 0.1) is 10.1 Å². The summed E-state index contributed by atoms with van der Waals surface area (Å²) < 4.78 is 0.920. The average Bonchev–Trinajstić information content (AvgIpc) is 2.58. The second-order valence-corrected chi connectivity index (χ2v) is 5.80. The van der Waals surface area contributed by atoms with Crippen LogP contribution in [0.3, 0.4) is 0 Å². The van der Waals surface area contributed by atoms with Crippen LogP contribution < -0.4 is 10.9 Å². The molecule has 0 aliphatic heterocycles. The fourth-order valence-corrected chi connectivity index (χ4v) is 2.26. The highest BCUT2D eigenvalue weighted by Crippen LogP contribution is 2.20. The lowest BCUT2D eigenvalue weighted by Gasteiger charge is -2.17. The van der Waals surface area contributed by atoms with Crippen molar-refractivity contribution < 1.29 is 14.5 Å². The lowest BCUT2D eigenvalue weighted by molar-refractivity contribution is -0.385. The number of amides is 2. The summed E-state index contributed by atoms with van der Waals surface area (Å²) in [6, 6.07) is 8.71. The number of hydrogen-bond acceptors (Lipinski definition) is 5. The Balaban J connectivity index is 2.00. The van der Waals surface area contributed by atoms with E-state index in [0.717, 1.165) is 27.8 Å². The lowest BCUT2D eigenvalue weighted by Crippen LogP contribution is -2.38. The Bertz CT molecular complexity index is 912. The number of rotatable bonds is 6. The molecule has 2 rings (SSSR count). The van der Waals surface area contributed by atoms with Gasteiger partial charge in [-0.3, -0.25) is 29.1 Å². The number of nitrogens with zero attached hydrogens (tertiary/aromatic N) is 3. The molecule has 1 aromatic carbocycles. The van der Waals surface area contributed by atoms with Crippen LogP contribution in [0.2, 0.25) is 5.02 Å². The first-order chi connectivity index (χ1) is 12.3. The van der Waals surface area contributed by atoms with Crippen LogP contribution in [0.1, 0.15) is 0 Å². The Kier molecular flexibility index (Phi) is 6.07.